The smallest absolute Gasteiger partial charge is 0.260 e. The Morgan fingerprint density at radius 1 is 1.47 bits per heavy atom. The number of likely N-dealkylation sites (N-methyl/N-ethyl adjacent to an activating group) is 1. The molecule has 2 rings (SSSR count). The Labute approximate surface area is 112 Å². The number of ether oxygens (including phenoxy) is 1. The number of benzene rings is 1. The zero-order valence-electron chi connectivity index (χ0n) is 11.2. The number of carbonyl (C=O) groups excluding carboxylic acids is 1. The van der Waals surface area contributed by atoms with Gasteiger partial charge in [0.1, 0.15) is 11.6 Å². The average molecular weight is 266 g/mol. The van der Waals surface area contributed by atoms with E-state index in [1.54, 1.807) is 20.0 Å². The Morgan fingerprint density at radius 3 is 2.84 bits per heavy atom. The van der Waals surface area contributed by atoms with Gasteiger partial charge in [0, 0.05) is 25.7 Å². The molecule has 19 heavy (non-hydrogen) atoms. The lowest BCUT2D eigenvalue weighted by Gasteiger charge is -2.14. The van der Waals surface area contributed by atoms with E-state index in [0.717, 1.165) is 5.56 Å². The van der Waals surface area contributed by atoms with E-state index in [4.69, 9.17) is 4.74 Å². The van der Waals surface area contributed by atoms with Gasteiger partial charge in [-0.1, -0.05) is 0 Å². The van der Waals surface area contributed by atoms with Crippen LogP contribution in [0.1, 0.15) is 25.3 Å². The van der Waals surface area contributed by atoms with Crippen molar-refractivity contribution in [3.05, 3.63) is 29.6 Å². The van der Waals surface area contributed by atoms with E-state index < -0.39 is 6.10 Å². The monoisotopic (exact) mass is 266 g/mol. The zero-order chi connectivity index (χ0) is 13.8. The highest BCUT2D eigenvalue weighted by Gasteiger charge is 2.20. The summed E-state index contributed by atoms with van der Waals surface area (Å²) in [6.07, 6.45) is 1.73. The summed E-state index contributed by atoms with van der Waals surface area (Å²) in [6, 6.07) is 5.10. The van der Waals surface area contributed by atoms with Crippen LogP contribution in [0.3, 0.4) is 0 Å². The topological polar surface area (TPSA) is 50.4 Å². The molecule has 0 heterocycles. The average Bonchev–Trinajstić information content (AvgIpc) is 3.18. The summed E-state index contributed by atoms with van der Waals surface area (Å²) in [7, 11) is 1.54. The van der Waals surface area contributed by atoms with E-state index in [9.17, 15) is 9.18 Å². The third-order valence-electron chi connectivity index (χ3n) is 3.03. The van der Waals surface area contributed by atoms with Crippen LogP contribution in [0, 0.1) is 5.82 Å². The maximum Gasteiger partial charge on any atom is 0.260 e. The summed E-state index contributed by atoms with van der Waals surface area (Å²) in [5.41, 5.74) is 0.825. The predicted molar refractivity (Wildman–Crippen MR) is 70.4 cm³/mol. The summed E-state index contributed by atoms with van der Waals surface area (Å²) in [5, 5.41) is 5.81. The van der Waals surface area contributed by atoms with Crippen molar-refractivity contribution in [1.29, 1.82) is 0 Å². The standard InChI is InChI=1S/C14H19FN2O2/c1-9(14(18)16-2)19-13-6-10(5-11(15)7-13)8-17-12-3-4-12/h5-7,9,12,17H,3-4,8H2,1-2H3,(H,16,18). The van der Waals surface area contributed by atoms with E-state index in [0.29, 0.717) is 18.3 Å². The van der Waals surface area contributed by atoms with E-state index in [1.165, 1.54) is 25.0 Å². The van der Waals surface area contributed by atoms with Gasteiger partial charge in [-0.05, 0) is 37.5 Å². The minimum Gasteiger partial charge on any atom is -0.481 e. The van der Waals surface area contributed by atoms with Crippen molar-refractivity contribution in [3.63, 3.8) is 0 Å². The van der Waals surface area contributed by atoms with E-state index in [-0.39, 0.29) is 11.7 Å². The van der Waals surface area contributed by atoms with E-state index >= 15 is 0 Å². The summed E-state index contributed by atoms with van der Waals surface area (Å²) in [6.45, 7) is 2.25. The van der Waals surface area contributed by atoms with Gasteiger partial charge in [0.15, 0.2) is 6.10 Å². The number of hydrogen-bond donors (Lipinski definition) is 2. The first kappa shape index (κ1) is 13.8. The molecule has 5 heteroatoms. The molecule has 1 aliphatic carbocycles. The molecule has 0 aliphatic heterocycles. The molecule has 1 aliphatic rings. The number of halogens is 1. The second-order valence-electron chi connectivity index (χ2n) is 4.82. The van der Waals surface area contributed by atoms with Crippen LogP contribution in [-0.2, 0) is 11.3 Å². The van der Waals surface area contributed by atoms with Crippen molar-refractivity contribution in [2.75, 3.05) is 7.05 Å². The van der Waals surface area contributed by atoms with Gasteiger partial charge in [-0.3, -0.25) is 4.79 Å². The lowest BCUT2D eigenvalue weighted by atomic mass is 10.2. The van der Waals surface area contributed by atoms with Crippen LogP contribution in [0.25, 0.3) is 0 Å². The maximum atomic E-state index is 13.5. The molecule has 0 aromatic heterocycles. The van der Waals surface area contributed by atoms with Gasteiger partial charge < -0.3 is 15.4 Å². The van der Waals surface area contributed by atoms with Gasteiger partial charge in [-0.15, -0.1) is 0 Å². The molecule has 0 spiro atoms. The fraction of sp³-hybridized carbons (Fsp3) is 0.500. The number of rotatable bonds is 6. The molecular weight excluding hydrogens is 247 g/mol. The van der Waals surface area contributed by atoms with Gasteiger partial charge in [0.05, 0.1) is 0 Å². The molecule has 0 radical (unpaired) electrons. The number of nitrogens with one attached hydrogen (secondary N) is 2. The highest BCUT2D eigenvalue weighted by Crippen LogP contribution is 2.21. The number of amides is 1. The van der Waals surface area contributed by atoms with Gasteiger partial charge in [-0.2, -0.15) is 0 Å². The summed E-state index contributed by atoms with van der Waals surface area (Å²) >= 11 is 0. The van der Waals surface area contributed by atoms with Crippen LogP contribution in [-0.4, -0.2) is 25.1 Å². The van der Waals surface area contributed by atoms with Crippen molar-refractivity contribution in [2.45, 2.75) is 38.5 Å². The van der Waals surface area contributed by atoms with Crippen LogP contribution in [0.2, 0.25) is 0 Å². The summed E-state index contributed by atoms with van der Waals surface area (Å²) < 4.78 is 18.9. The van der Waals surface area contributed by atoms with E-state index in [2.05, 4.69) is 10.6 Å². The molecule has 104 valence electrons. The summed E-state index contributed by atoms with van der Waals surface area (Å²) in [5.74, 6) is -0.209. The molecule has 0 bridgehead atoms. The molecule has 1 aromatic rings. The third-order valence-corrected chi connectivity index (χ3v) is 3.03. The zero-order valence-corrected chi connectivity index (χ0v) is 11.2. The fourth-order valence-electron chi connectivity index (χ4n) is 1.80. The highest BCUT2D eigenvalue weighted by atomic mass is 19.1. The molecule has 1 atom stereocenters. The molecular formula is C14H19FN2O2. The number of hydrogen-bond acceptors (Lipinski definition) is 3. The van der Waals surface area contributed by atoms with Crippen molar-refractivity contribution in [1.82, 2.24) is 10.6 Å². The van der Waals surface area contributed by atoms with Crippen LogP contribution in [0.4, 0.5) is 4.39 Å². The van der Waals surface area contributed by atoms with Gasteiger partial charge in [-0.25, -0.2) is 4.39 Å². The van der Waals surface area contributed by atoms with Crippen LogP contribution in [0.15, 0.2) is 18.2 Å². The van der Waals surface area contributed by atoms with Gasteiger partial charge in [0.25, 0.3) is 5.91 Å². The Balaban J connectivity index is 2.00. The van der Waals surface area contributed by atoms with Crippen molar-refractivity contribution >= 4 is 5.91 Å². The first-order valence-corrected chi connectivity index (χ1v) is 6.49. The van der Waals surface area contributed by atoms with Crippen molar-refractivity contribution in [3.8, 4) is 5.75 Å². The second kappa shape index (κ2) is 6.02. The summed E-state index contributed by atoms with van der Waals surface area (Å²) in [4.78, 5) is 11.4. The molecule has 1 aromatic carbocycles. The molecule has 4 nitrogen and oxygen atoms in total. The Hall–Kier alpha value is -1.62. The molecule has 1 fully saturated rings. The van der Waals surface area contributed by atoms with Crippen LogP contribution < -0.4 is 15.4 Å². The molecule has 1 amide bonds. The van der Waals surface area contributed by atoms with Gasteiger partial charge >= 0.3 is 0 Å². The van der Waals surface area contributed by atoms with E-state index in [1.807, 2.05) is 0 Å². The Morgan fingerprint density at radius 2 is 2.21 bits per heavy atom. The molecule has 1 saturated carbocycles. The molecule has 0 saturated heterocycles. The minimum absolute atomic E-state index is 0.234. The Kier molecular flexibility index (Phi) is 4.37. The largest absolute Gasteiger partial charge is 0.481 e. The molecule has 1 unspecified atom stereocenters. The Bertz CT molecular complexity index is 461. The SMILES string of the molecule is CNC(=O)C(C)Oc1cc(F)cc(CNC2CC2)c1. The van der Waals surface area contributed by atoms with Crippen molar-refractivity contribution < 1.29 is 13.9 Å². The predicted octanol–water partition coefficient (Wildman–Crippen LogP) is 1.59. The maximum absolute atomic E-state index is 13.5. The highest BCUT2D eigenvalue weighted by molar-refractivity contribution is 5.80. The lowest BCUT2D eigenvalue weighted by molar-refractivity contribution is -0.126. The third kappa shape index (κ3) is 4.21. The first-order valence-electron chi connectivity index (χ1n) is 6.49. The molecule has 2 N–H and O–H groups in total. The van der Waals surface area contributed by atoms with Crippen LogP contribution in [0.5, 0.6) is 5.75 Å². The van der Waals surface area contributed by atoms with Crippen LogP contribution >= 0.6 is 0 Å². The second-order valence-corrected chi connectivity index (χ2v) is 4.82. The lowest BCUT2D eigenvalue weighted by Crippen LogP contribution is -2.33. The van der Waals surface area contributed by atoms with Gasteiger partial charge in [0.2, 0.25) is 0 Å². The normalized spacial score (nSPS) is 15.9. The quantitative estimate of drug-likeness (QED) is 0.822. The first-order chi connectivity index (χ1) is 9.08. The minimum atomic E-state index is -0.643. The number of carbonyl (C=O) groups is 1. The van der Waals surface area contributed by atoms with Crippen molar-refractivity contribution in [2.24, 2.45) is 0 Å². The fourth-order valence-corrected chi connectivity index (χ4v) is 1.80.